The smallest absolute Gasteiger partial charge is 0.337 e. The molecule has 5 heteroatoms. The maximum Gasteiger partial charge on any atom is 0.337 e. The Morgan fingerprint density at radius 2 is 2.05 bits per heavy atom. The van der Waals surface area contributed by atoms with Crippen LogP contribution in [0.1, 0.15) is 28.4 Å². The molecule has 1 N–H and O–H groups in total. The van der Waals surface area contributed by atoms with Crippen LogP contribution in [0, 0.1) is 0 Å². The van der Waals surface area contributed by atoms with Gasteiger partial charge in [-0.3, -0.25) is 4.79 Å². The molecule has 1 aliphatic heterocycles. The van der Waals surface area contributed by atoms with Crippen LogP contribution in [0.4, 0.5) is 0 Å². The molecule has 2 rings (SSSR count). The average Bonchev–Trinajstić information content (AvgIpc) is 2.60. The van der Waals surface area contributed by atoms with Crippen LogP contribution < -0.4 is 5.32 Å². The van der Waals surface area contributed by atoms with E-state index in [1.54, 1.807) is 17.0 Å². The minimum Gasteiger partial charge on any atom is -0.465 e. The molecule has 0 saturated carbocycles. The Morgan fingerprint density at radius 3 is 2.68 bits per heavy atom. The topological polar surface area (TPSA) is 58.6 Å². The lowest BCUT2D eigenvalue weighted by atomic mass is 10.0. The van der Waals surface area contributed by atoms with Crippen molar-refractivity contribution < 1.29 is 14.3 Å². The Morgan fingerprint density at radius 1 is 1.37 bits per heavy atom. The predicted octanol–water partition coefficient (Wildman–Crippen LogP) is 0.966. The Kier molecular flexibility index (Phi) is 4.16. The largest absolute Gasteiger partial charge is 0.465 e. The first-order valence-electron chi connectivity index (χ1n) is 6.27. The van der Waals surface area contributed by atoms with Gasteiger partial charge in [-0.05, 0) is 17.7 Å². The summed E-state index contributed by atoms with van der Waals surface area (Å²) in [6, 6.07) is 7.18. The van der Waals surface area contributed by atoms with Crippen molar-refractivity contribution in [1.29, 1.82) is 0 Å². The average molecular weight is 262 g/mol. The normalized spacial score (nSPS) is 20.0. The summed E-state index contributed by atoms with van der Waals surface area (Å²) in [7, 11) is 3.17. The molecule has 1 atom stereocenters. The van der Waals surface area contributed by atoms with E-state index in [2.05, 4.69) is 10.1 Å². The van der Waals surface area contributed by atoms with Crippen LogP contribution in [-0.4, -0.2) is 44.0 Å². The summed E-state index contributed by atoms with van der Waals surface area (Å²) in [5.41, 5.74) is 1.53. The van der Waals surface area contributed by atoms with Crippen LogP contribution in [-0.2, 0) is 9.53 Å². The molecular weight excluding hydrogens is 244 g/mol. The van der Waals surface area contributed by atoms with Crippen LogP contribution in [0.2, 0.25) is 0 Å². The molecule has 1 unspecified atom stereocenters. The number of ether oxygens (including phenoxy) is 1. The molecule has 1 aromatic rings. The van der Waals surface area contributed by atoms with E-state index in [0.717, 1.165) is 18.7 Å². The third-order valence-electron chi connectivity index (χ3n) is 3.38. The summed E-state index contributed by atoms with van der Waals surface area (Å²) < 4.78 is 4.66. The van der Waals surface area contributed by atoms with E-state index in [-0.39, 0.29) is 17.9 Å². The molecule has 0 aliphatic carbocycles. The number of amides is 1. The molecule has 5 nitrogen and oxygen atoms in total. The molecule has 0 aromatic heterocycles. The summed E-state index contributed by atoms with van der Waals surface area (Å²) in [5.74, 6) is -0.219. The molecule has 1 aromatic carbocycles. The monoisotopic (exact) mass is 262 g/mol. The Labute approximate surface area is 112 Å². The van der Waals surface area contributed by atoms with E-state index < -0.39 is 0 Å². The van der Waals surface area contributed by atoms with E-state index in [0.29, 0.717) is 12.0 Å². The zero-order chi connectivity index (χ0) is 13.8. The van der Waals surface area contributed by atoms with E-state index in [1.165, 1.54) is 7.11 Å². The number of nitrogens with zero attached hydrogens (tertiary/aromatic N) is 1. The van der Waals surface area contributed by atoms with Gasteiger partial charge in [-0.2, -0.15) is 0 Å². The van der Waals surface area contributed by atoms with Crippen LogP contribution >= 0.6 is 0 Å². The highest BCUT2D eigenvalue weighted by molar-refractivity contribution is 5.89. The molecule has 1 fully saturated rings. The van der Waals surface area contributed by atoms with Crippen LogP contribution in [0.5, 0.6) is 0 Å². The van der Waals surface area contributed by atoms with E-state index >= 15 is 0 Å². The second-order valence-corrected chi connectivity index (χ2v) is 4.64. The molecule has 19 heavy (non-hydrogen) atoms. The fourth-order valence-corrected chi connectivity index (χ4v) is 2.14. The van der Waals surface area contributed by atoms with Gasteiger partial charge in [0.2, 0.25) is 5.91 Å². The highest BCUT2D eigenvalue weighted by Crippen LogP contribution is 2.20. The van der Waals surface area contributed by atoms with E-state index in [4.69, 9.17) is 0 Å². The van der Waals surface area contributed by atoms with Crippen molar-refractivity contribution in [2.45, 2.75) is 12.5 Å². The van der Waals surface area contributed by atoms with Gasteiger partial charge in [0.1, 0.15) is 0 Å². The first-order valence-corrected chi connectivity index (χ1v) is 6.27. The summed E-state index contributed by atoms with van der Waals surface area (Å²) in [6.07, 6.45) is 0.439. The van der Waals surface area contributed by atoms with Gasteiger partial charge in [-0.25, -0.2) is 4.79 Å². The van der Waals surface area contributed by atoms with Crippen LogP contribution in [0.25, 0.3) is 0 Å². The Hall–Kier alpha value is -1.88. The van der Waals surface area contributed by atoms with Gasteiger partial charge in [-0.1, -0.05) is 12.1 Å². The van der Waals surface area contributed by atoms with Crippen LogP contribution in [0.3, 0.4) is 0 Å². The molecule has 1 saturated heterocycles. The molecular formula is C14H18N2O3. The maximum absolute atomic E-state index is 11.8. The highest BCUT2D eigenvalue weighted by Gasteiger charge is 2.21. The van der Waals surface area contributed by atoms with Gasteiger partial charge in [0.25, 0.3) is 0 Å². The number of esters is 1. The van der Waals surface area contributed by atoms with Gasteiger partial charge in [0, 0.05) is 32.6 Å². The van der Waals surface area contributed by atoms with Crippen molar-refractivity contribution >= 4 is 11.9 Å². The van der Waals surface area contributed by atoms with Gasteiger partial charge >= 0.3 is 5.97 Å². The number of nitrogens with one attached hydrogen (secondary N) is 1. The second kappa shape index (κ2) is 5.84. The van der Waals surface area contributed by atoms with Gasteiger partial charge in [0.05, 0.1) is 12.7 Å². The Balaban J connectivity index is 2.13. The number of carbonyl (C=O) groups excluding carboxylic acids is 2. The third-order valence-corrected chi connectivity index (χ3v) is 3.38. The SMILES string of the molecule is COC(=O)c1ccc(C2CC(=O)N(C)CCN2)cc1. The predicted molar refractivity (Wildman–Crippen MR) is 70.8 cm³/mol. The van der Waals surface area contributed by atoms with Gasteiger partial charge < -0.3 is 15.0 Å². The summed E-state index contributed by atoms with van der Waals surface area (Å²) in [6.45, 7) is 1.49. The number of hydrogen-bond donors (Lipinski definition) is 1. The molecule has 1 amide bonds. The van der Waals surface area contributed by atoms with Crippen molar-refractivity contribution in [1.82, 2.24) is 10.2 Å². The van der Waals surface area contributed by atoms with Crippen molar-refractivity contribution in [3.8, 4) is 0 Å². The van der Waals surface area contributed by atoms with Crippen LogP contribution in [0.15, 0.2) is 24.3 Å². The first kappa shape index (κ1) is 13.5. The number of benzene rings is 1. The number of rotatable bonds is 2. The number of methoxy groups -OCH3 is 1. The maximum atomic E-state index is 11.8. The minimum atomic E-state index is -0.351. The Bertz CT molecular complexity index is 470. The fraction of sp³-hybridized carbons (Fsp3) is 0.429. The molecule has 1 heterocycles. The van der Waals surface area contributed by atoms with E-state index in [1.807, 2.05) is 19.2 Å². The fourth-order valence-electron chi connectivity index (χ4n) is 2.14. The summed E-state index contributed by atoms with van der Waals surface area (Å²) >= 11 is 0. The lowest BCUT2D eigenvalue weighted by Crippen LogP contribution is -2.27. The summed E-state index contributed by atoms with van der Waals surface area (Å²) in [4.78, 5) is 24.9. The van der Waals surface area contributed by atoms with E-state index in [9.17, 15) is 9.59 Å². The lowest BCUT2D eigenvalue weighted by Gasteiger charge is -2.15. The van der Waals surface area contributed by atoms with Crippen molar-refractivity contribution in [2.24, 2.45) is 0 Å². The molecule has 0 bridgehead atoms. The number of likely N-dealkylation sites (N-methyl/N-ethyl adjacent to an activating group) is 1. The summed E-state index contributed by atoms with van der Waals surface area (Å²) in [5, 5.41) is 3.34. The molecule has 0 radical (unpaired) electrons. The van der Waals surface area contributed by atoms with Crippen molar-refractivity contribution in [3.05, 3.63) is 35.4 Å². The van der Waals surface area contributed by atoms with Crippen molar-refractivity contribution in [2.75, 3.05) is 27.2 Å². The third kappa shape index (κ3) is 3.12. The number of carbonyl (C=O) groups is 2. The standard InChI is InChI=1S/C14H18N2O3/c1-16-8-7-15-12(9-13(16)17)10-3-5-11(6-4-10)14(18)19-2/h3-6,12,15H,7-9H2,1-2H3. The zero-order valence-electron chi connectivity index (χ0n) is 11.2. The highest BCUT2D eigenvalue weighted by atomic mass is 16.5. The molecule has 0 spiro atoms. The minimum absolute atomic E-state index is 0.00384. The van der Waals surface area contributed by atoms with Gasteiger partial charge in [0.15, 0.2) is 0 Å². The number of hydrogen-bond acceptors (Lipinski definition) is 4. The first-order chi connectivity index (χ1) is 9.11. The van der Waals surface area contributed by atoms with Crippen molar-refractivity contribution in [3.63, 3.8) is 0 Å². The quantitative estimate of drug-likeness (QED) is 0.807. The second-order valence-electron chi connectivity index (χ2n) is 4.64. The molecule has 102 valence electrons. The molecule has 1 aliphatic rings. The van der Waals surface area contributed by atoms with Gasteiger partial charge in [-0.15, -0.1) is 0 Å². The lowest BCUT2D eigenvalue weighted by molar-refractivity contribution is -0.129. The zero-order valence-corrected chi connectivity index (χ0v) is 11.2.